The fraction of sp³-hybridized carbons (Fsp3) is 0.412. The largest absolute Gasteiger partial charge is 0.496 e. The van der Waals surface area contributed by atoms with Crippen LogP contribution in [0.2, 0.25) is 0 Å². The van der Waals surface area contributed by atoms with Gasteiger partial charge < -0.3 is 14.2 Å². The smallest absolute Gasteiger partial charge is 0.226 e. The van der Waals surface area contributed by atoms with Crippen molar-refractivity contribution in [1.29, 1.82) is 0 Å². The molecule has 1 aliphatic heterocycles. The molecule has 2 heterocycles. The molecule has 0 unspecified atom stereocenters. The fourth-order valence-electron chi connectivity index (χ4n) is 3.39. The van der Waals surface area contributed by atoms with Crippen LogP contribution in [-0.2, 0) is 17.9 Å². The van der Waals surface area contributed by atoms with E-state index in [1.807, 2.05) is 35.6 Å². The van der Waals surface area contributed by atoms with Crippen molar-refractivity contribution in [1.82, 2.24) is 14.5 Å². The summed E-state index contributed by atoms with van der Waals surface area (Å²) in [6.45, 7) is 2.29. The van der Waals surface area contributed by atoms with Gasteiger partial charge in [-0.05, 0) is 24.0 Å². The number of fused-ring (bicyclic) bond motifs is 1. The molecule has 1 aromatic carbocycles. The number of aromatic nitrogens is 2. The quantitative estimate of drug-likeness (QED) is 0.871. The van der Waals surface area contributed by atoms with Gasteiger partial charge in [-0.25, -0.2) is 4.98 Å². The van der Waals surface area contributed by atoms with Gasteiger partial charge in [0.25, 0.3) is 0 Å². The van der Waals surface area contributed by atoms with E-state index >= 15 is 0 Å². The van der Waals surface area contributed by atoms with Crippen LogP contribution in [-0.4, -0.2) is 34.0 Å². The highest BCUT2D eigenvalue weighted by Gasteiger charge is 2.47. The fourth-order valence-corrected chi connectivity index (χ4v) is 3.39. The maximum Gasteiger partial charge on any atom is 0.226 e. The summed E-state index contributed by atoms with van der Waals surface area (Å²) in [5.41, 5.74) is 2.28. The third-order valence-electron chi connectivity index (χ3n) is 4.72. The molecule has 114 valence electrons. The Morgan fingerprint density at radius 1 is 1.32 bits per heavy atom. The molecule has 2 aliphatic rings. The zero-order chi connectivity index (χ0) is 15.1. The molecular formula is C17H19N3O2. The molecule has 5 heteroatoms. The summed E-state index contributed by atoms with van der Waals surface area (Å²) in [6, 6.07) is 8.02. The molecule has 2 aromatic rings. The second-order valence-electron chi connectivity index (χ2n) is 6.03. The molecular weight excluding hydrogens is 278 g/mol. The molecule has 0 saturated heterocycles. The summed E-state index contributed by atoms with van der Waals surface area (Å²) in [6.07, 6.45) is 4.62. The van der Waals surface area contributed by atoms with Gasteiger partial charge in [0.1, 0.15) is 5.75 Å². The molecule has 1 fully saturated rings. The van der Waals surface area contributed by atoms with Gasteiger partial charge in [-0.15, -0.1) is 0 Å². The van der Waals surface area contributed by atoms with E-state index in [0.29, 0.717) is 12.5 Å². The maximum absolute atomic E-state index is 12.7. The highest BCUT2D eigenvalue weighted by Crippen LogP contribution is 2.51. The van der Waals surface area contributed by atoms with Crippen LogP contribution < -0.4 is 4.74 Å². The number of imidazole rings is 1. The van der Waals surface area contributed by atoms with Crippen molar-refractivity contribution in [3.05, 3.63) is 48.0 Å². The lowest BCUT2D eigenvalue weighted by Gasteiger charge is -2.28. The molecule has 0 N–H and O–H groups in total. The average Bonchev–Trinajstić information content (AvgIpc) is 3.22. The number of nitrogens with zero attached hydrogens (tertiary/aromatic N) is 3. The molecule has 5 nitrogen and oxygen atoms in total. The monoisotopic (exact) mass is 297 g/mol. The summed E-state index contributed by atoms with van der Waals surface area (Å²) in [4.78, 5) is 18.9. The van der Waals surface area contributed by atoms with Gasteiger partial charge in [0.2, 0.25) is 5.91 Å². The van der Waals surface area contributed by atoms with E-state index in [1.165, 1.54) is 0 Å². The second kappa shape index (κ2) is 5.16. The standard InChI is InChI=1S/C17H19N3O2/c1-22-16-5-3-2-4-13(16)14-8-15(14)17(21)19-6-7-20-11-18-9-12(20)10-19/h2-5,9,11,14-15H,6-8,10H2,1H3/t14-,15+/m0/s1. The van der Waals surface area contributed by atoms with E-state index in [-0.39, 0.29) is 11.8 Å². The Morgan fingerprint density at radius 3 is 3.05 bits per heavy atom. The normalized spacial score (nSPS) is 23.0. The average molecular weight is 297 g/mol. The van der Waals surface area contributed by atoms with Crippen LogP contribution in [0.4, 0.5) is 0 Å². The molecule has 22 heavy (non-hydrogen) atoms. The molecule has 0 spiro atoms. The first-order valence-corrected chi connectivity index (χ1v) is 7.68. The number of methoxy groups -OCH3 is 1. The summed E-state index contributed by atoms with van der Waals surface area (Å²) in [5, 5.41) is 0. The van der Waals surface area contributed by atoms with Crippen LogP contribution in [0.3, 0.4) is 0 Å². The molecule has 4 rings (SSSR count). The third-order valence-corrected chi connectivity index (χ3v) is 4.72. The minimum Gasteiger partial charge on any atom is -0.496 e. The highest BCUT2D eigenvalue weighted by molar-refractivity contribution is 5.83. The van der Waals surface area contributed by atoms with Crippen LogP contribution in [0.5, 0.6) is 5.75 Å². The minimum atomic E-state index is 0.103. The van der Waals surface area contributed by atoms with Gasteiger partial charge in [0, 0.05) is 25.2 Å². The summed E-state index contributed by atoms with van der Waals surface area (Å²) in [7, 11) is 1.68. The maximum atomic E-state index is 12.7. The van der Waals surface area contributed by atoms with Crippen LogP contribution >= 0.6 is 0 Å². The molecule has 2 atom stereocenters. The van der Waals surface area contributed by atoms with E-state index < -0.39 is 0 Å². The Balaban J connectivity index is 1.47. The van der Waals surface area contributed by atoms with Crippen LogP contribution in [0, 0.1) is 5.92 Å². The highest BCUT2D eigenvalue weighted by atomic mass is 16.5. The van der Waals surface area contributed by atoms with Gasteiger partial charge in [0.15, 0.2) is 0 Å². The number of carbonyl (C=O) groups excluding carboxylic acids is 1. The van der Waals surface area contributed by atoms with Gasteiger partial charge in [-0.3, -0.25) is 4.79 Å². The first kappa shape index (κ1) is 13.4. The predicted octanol–water partition coefficient (Wildman–Crippen LogP) is 2.04. The lowest BCUT2D eigenvalue weighted by Crippen LogP contribution is -2.39. The zero-order valence-electron chi connectivity index (χ0n) is 12.6. The van der Waals surface area contributed by atoms with Gasteiger partial charge in [-0.1, -0.05) is 18.2 Å². The lowest BCUT2D eigenvalue weighted by atomic mass is 10.1. The van der Waals surface area contributed by atoms with Gasteiger partial charge >= 0.3 is 0 Å². The minimum absolute atomic E-state index is 0.103. The number of rotatable bonds is 3. The first-order valence-electron chi connectivity index (χ1n) is 7.68. The van der Waals surface area contributed by atoms with E-state index in [4.69, 9.17) is 4.74 Å². The topological polar surface area (TPSA) is 47.4 Å². The molecule has 0 radical (unpaired) electrons. The number of hydrogen-bond acceptors (Lipinski definition) is 3. The second-order valence-corrected chi connectivity index (χ2v) is 6.03. The third kappa shape index (κ3) is 2.17. The molecule has 1 saturated carbocycles. The molecule has 1 aliphatic carbocycles. The van der Waals surface area contributed by atoms with Crippen molar-refractivity contribution in [3.8, 4) is 5.75 Å². The summed E-state index contributed by atoms with van der Waals surface area (Å²) < 4.78 is 7.54. The van der Waals surface area contributed by atoms with Crippen LogP contribution in [0.1, 0.15) is 23.6 Å². The van der Waals surface area contributed by atoms with E-state index in [0.717, 1.165) is 36.5 Å². The van der Waals surface area contributed by atoms with Gasteiger partial charge in [-0.2, -0.15) is 0 Å². The predicted molar refractivity (Wildman–Crippen MR) is 81.5 cm³/mol. The number of carbonyl (C=O) groups is 1. The van der Waals surface area contributed by atoms with Crippen molar-refractivity contribution >= 4 is 5.91 Å². The molecule has 1 amide bonds. The Kier molecular flexibility index (Phi) is 3.13. The number of ether oxygens (including phenoxy) is 1. The summed E-state index contributed by atoms with van der Waals surface area (Å²) >= 11 is 0. The van der Waals surface area contributed by atoms with Crippen molar-refractivity contribution < 1.29 is 9.53 Å². The van der Waals surface area contributed by atoms with Crippen molar-refractivity contribution in [2.45, 2.75) is 25.4 Å². The number of hydrogen-bond donors (Lipinski definition) is 0. The number of benzene rings is 1. The van der Waals surface area contributed by atoms with E-state index in [9.17, 15) is 4.79 Å². The van der Waals surface area contributed by atoms with Crippen LogP contribution in [0.25, 0.3) is 0 Å². The van der Waals surface area contributed by atoms with Gasteiger partial charge in [0.05, 0.1) is 25.7 Å². The Morgan fingerprint density at radius 2 is 2.18 bits per heavy atom. The van der Waals surface area contributed by atoms with E-state index in [1.54, 1.807) is 7.11 Å². The number of para-hydroxylation sites is 1. The zero-order valence-corrected chi connectivity index (χ0v) is 12.6. The van der Waals surface area contributed by atoms with Crippen molar-refractivity contribution in [2.24, 2.45) is 5.92 Å². The first-order chi connectivity index (χ1) is 10.8. The Labute approximate surface area is 129 Å². The Hall–Kier alpha value is -2.30. The van der Waals surface area contributed by atoms with Crippen molar-refractivity contribution in [3.63, 3.8) is 0 Å². The van der Waals surface area contributed by atoms with Crippen molar-refractivity contribution in [2.75, 3.05) is 13.7 Å². The molecule has 1 aromatic heterocycles. The van der Waals surface area contributed by atoms with E-state index in [2.05, 4.69) is 15.6 Å². The Bertz CT molecular complexity index is 709. The number of amides is 1. The SMILES string of the molecule is COc1ccccc1[C@@H]1C[C@H]1C(=O)N1CCn2cncc2C1. The summed E-state index contributed by atoms with van der Waals surface area (Å²) in [5.74, 6) is 1.56. The molecule has 0 bridgehead atoms. The lowest BCUT2D eigenvalue weighted by molar-refractivity contribution is -0.134. The van der Waals surface area contributed by atoms with Crippen LogP contribution in [0.15, 0.2) is 36.8 Å².